The van der Waals surface area contributed by atoms with Crippen molar-refractivity contribution >= 4 is 77.8 Å². The number of hydrogen-bond donors (Lipinski definition) is 4. The van der Waals surface area contributed by atoms with E-state index in [1.165, 1.54) is 38.5 Å². The Bertz CT molecular complexity index is 1020. The van der Waals surface area contributed by atoms with Crippen LogP contribution in [-0.2, 0) is 9.59 Å². The molecule has 0 atom stereocenters. The van der Waals surface area contributed by atoms with Crippen LogP contribution in [-0.4, -0.2) is 33.6 Å². The largest absolute Gasteiger partial charge is 0.399 e. The fourth-order valence-electron chi connectivity index (χ4n) is 3.39. The van der Waals surface area contributed by atoms with Crippen molar-refractivity contribution in [1.29, 1.82) is 0 Å². The fourth-order valence-corrected chi connectivity index (χ4v) is 4.31. The SMILES string of the molecule is NC(=O)c1ccc(N)cc1.NC(=O)c1ccc(NC(=O)CCCCCCCBr)cc1.O=C(Cl)CCCCCCCBr. The number of anilines is 2. The highest BCUT2D eigenvalue weighted by atomic mass is 79.9. The Balaban J connectivity index is 0.000000643. The molecule has 0 aromatic heterocycles. The lowest BCUT2D eigenvalue weighted by atomic mass is 10.1. The molecule has 0 spiro atoms. The summed E-state index contributed by atoms with van der Waals surface area (Å²) in [7, 11) is 0. The van der Waals surface area contributed by atoms with E-state index in [2.05, 4.69) is 37.2 Å². The zero-order valence-corrected chi connectivity index (χ0v) is 27.4. The molecule has 0 saturated carbocycles. The van der Waals surface area contributed by atoms with Gasteiger partial charge in [-0.15, -0.1) is 0 Å². The molecule has 0 heterocycles. The van der Waals surface area contributed by atoms with E-state index in [0.717, 1.165) is 36.3 Å². The topological polar surface area (TPSA) is 158 Å². The maximum Gasteiger partial charge on any atom is 0.248 e. The first-order valence-electron chi connectivity index (χ1n) is 13.8. The van der Waals surface area contributed by atoms with E-state index >= 15 is 0 Å². The Labute approximate surface area is 265 Å². The molecule has 0 aliphatic heterocycles. The van der Waals surface area contributed by atoms with Gasteiger partial charge in [0.1, 0.15) is 0 Å². The summed E-state index contributed by atoms with van der Waals surface area (Å²) in [6.07, 6.45) is 12.4. The predicted molar refractivity (Wildman–Crippen MR) is 177 cm³/mol. The van der Waals surface area contributed by atoms with Gasteiger partial charge in [-0.2, -0.15) is 0 Å². The Morgan fingerprint density at radius 2 is 1.00 bits per heavy atom. The molecule has 2 rings (SSSR count). The van der Waals surface area contributed by atoms with Crippen molar-refractivity contribution in [3.8, 4) is 0 Å². The quantitative estimate of drug-likeness (QED) is 0.0584. The van der Waals surface area contributed by atoms with Gasteiger partial charge in [0.05, 0.1) is 0 Å². The molecular formula is C30H43Br2ClN4O4. The zero-order chi connectivity index (χ0) is 30.9. The molecule has 2 aromatic rings. The Morgan fingerprint density at radius 1 is 0.610 bits per heavy atom. The first-order chi connectivity index (χ1) is 19.6. The number of nitrogens with two attached hydrogens (primary N) is 3. The number of carbonyl (C=O) groups excluding carboxylic acids is 4. The highest BCUT2D eigenvalue weighted by Crippen LogP contribution is 2.12. The lowest BCUT2D eigenvalue weighted by Crippen LogP contribution is -2.13. The third-order valence-electron chi connectivity index (χ3n) is 5.69. The van der Waals surface area contributed by atoms with Crippen LogP contribution < -0.4 is 22.5 Å². The van der Waals surface area contributed by atoms with E-state index in [0.29, 0.717) is 35.3 Å². The molecule has 3 amide bonds. The normalized spacial score (nSPS) is 9.93. The molecule has 8 nitrogen and oxygen atoms in total. The van der Waals surface area contributed by atoms with Crippen LogP contribution >= 0.6 is 43.5 Å². The maximum absolute atomic E-state index is 11.7. The van der Waals surface area contributed by atoms with Gasteiger partial charge in [0.2, 0.25) is 23.0 Å². The number of primary amides is 2. The van der Waals surface area contributed by atoms with E-state index in [-0.39, 0.29) is 11.1 Å². The van der Waals surface area contributed by atoms with Gasteiger partial charge in [0.25, 0.3) is 0 Å². The van der Waals surface area contributed by atoms with Crippen molar-refractivity contribution in [3.63, 3.8) is 0 Å². The summed E-state index contributed by atoms with van der Waals surface area (Å²) in [6, 6.07) is 13.1. The number of carbonyl (C=O) groups is 4. The number of benzene rings is 2. The van der Waals surface area contributed by atoms with E-state index in [1.807, 2.05) is 0 Å². The van der Waals surface area contributed by atoms with Crippen LogP contribution in [0.4, 0.5) is 11.4 Å². The first kappa shape index (κ1) is 38.6. The molecule has 0 fully saturated rings. The molecule has 2 aromatic carbocycles. The second-order valence-electron chi connectivity index (χ2n) is 9.24. The van der Waals surface area contributed by atoms with Gasteiger partial charge < -0.3 is 22.5 Å². The first-order valence-corrected chi connectivity index (χ1v) is 16.4. The minimum Gasteiger partial charge on any atom is -0.399 e. The Hall–Kier alpha value is -2.43. The molecule has 0 saturated heterocycles. The molecular weight excluding hydrogens is 676 g/mol. The zero-order valence-electron chi connectivity index (χ0n) is 23.5. The van der Waals surface area contributed by atoms with Crippen molar-refractivity contribution in [2.24, 2.45) is 11.5 Å². The highest BCUT2D eigenvalue weighted by molar-refractivity contribution is 9.09. The van der Waals surface area contributed by atoms with Crippen LogP contribution in [0, 0.1) is 0 Å². The van der Waals surface area contributed by atoms with Crippen LogP contribution in [0.15, 0.2) is 48.5 Å². The lowest BCUT2D eigenvalue weighted by molar-refractivity contribution is -0.116. The number of unbranched alkanes of at least 4 members (excludes halogenated alkanes) is 8. The van der Waals surface area contributed by atoms with Crippen LogP contribution in [0.25, 0.3) is 0 Å². The summed E-state index contributed by atoms with van der Waals surface area (Å²) in [5, 5.41) is 4.74. The molecule has 7 N–H and O–H groups in total. The number of amides is 3. The standard InChI is InChI=1S/C15H21BrN2O2.C8H14BrClO.C7H8N2O/c16-11-5-3-1-2-4-6-14(19)18-13-9-7-12(8-10-13)15(17)20;9-7-5-3-1-2-4-6-8(10)11;8-6-3-1-5(2-4-6)7(9)10/h7-10H,1-6,11H2,(H2,17,20)(H,18,19);1-7H2;1-4H,8H2,(H2,9,10). The van der Waals surface area contributed by atoms with Crippen LogP contribution in [0.5, 0.6) is 0 Å². The Kier molecular flexibility index (Phi) is 23.8. The van der Waals surface area contributed by atoms with E-state index in [4.69, 9.17) is 28.8 Å². The van der Waals surface area contributed by atoms with Gasteiger partial charge >= 0.3 is 0 Å². The van der Waals surface area contributed by atoms with E-state index < -0.39 is 11.8 Å². The van der Waals surface area contributed by atoms with Crippen LogP contribution in [0.3, 0.4) is 0 Å². The van der Waals surface area contributed by atoms with Crippen molar-refractivity contribution in [1.82, 2.24) is 0 Å². The highest BCUT2D eigenvalue weighted by Gasteiger charge is 2.04. The van der Waals surface area contributed by atoms with Gasteiger partial charge in [0.15, 0.2) is 0 Å². The number of halogens is 3. The molecule has 0 aliphatic rings. The number of alkyl halides is 2. The molecule has 0 radical (unpaired) electrons. The minimum atomic E-state index is -0.466. The summed E-state index contributed by atoms with van der Waals surface area (Å²) >= 11 is 11.9. The number of hydrogen-bond acceptors (Lipinski definition) is 5. The summed E-state index contributed by atoms with van der Waals surface area (Å²) in [4.78, 5) is 43.4. The summed E-state index contributed by atoms with van der Waals surface area (Å²) in [5.41, 5.74) is 17.8. The van der Waals surface area contributed by atoms with Crippen molar-refractivity contribution in [2.45, 2.75) is 77.0 Å². The molecule has 0 unspecified atom stereocenters. The van der Waals surface area contributed by atoms with E-state index in [1.54, 1.807) is 48.5 Å². The molecule has 0 bridgehead atoms. The number of nitrogen functional groups attached to an aromatic ring is 1. The second kappa shape index (κ2) is 25.3. The lowest BCUT2D eigenvalue weighted by Gasteiger charge is -2.05. The van der Waals surface area contributed by atoms with Gasteiger partial charge in [-0.3, -0.25) is 19.2 Å². The summed E-state index contributed by atoms with van der Waals surface area (Å²) in [5.74, 6) is -0.885. The Morgan fingerprint density at radius 3 is 1.41 bits per heavy atom. The smallest absolute Gasteiger partial charge is 0.248 e. The summed E-state index contributed by atoms with van der Waals surface area (Å²) < 4.78 is 0. The van der Waals surface area contributed by atoms with Gasteiger partial charge in [-0.25, -0.2) is 0 Å². The maximum atomic E-state index is 11.7. The monoisotopic (exact) mass is 716 g/mol. The van der Waals surface area contributed by atoms with Gasteiger partial charge in [-0.05, 0) is 85.8 Å². The average Bonchev–Trinajstić information content (AvgIpc) is 2.93. The minimum absolute atomic E-state index is 0.0114. The van der Waals surface area contributed by atoms with Gasteiger partial charge in [0, 0.05) is 46.0 Å². The predicted octanol–water partition coefficient (Wildman–Crippen LogP) is 7.31. The van der Waals surface area contributed by atoms with Crippen molar-refractivity contribution in [3.05, 3.63) is 59.7 Å². The van der Waals surface area contributed by atoms with E-state index in [9.17, 15) is 19.2 Å². The summed E-state index contributed by atoms with van der Waals surface area (Å²) in [6.45, 7) is 0. The molecule has 228 valence electrons. The number of rotatable bonds is 17. The van der Waals surface area contributed by atoms with Crippen LogP contribution in [0.2, 0.25) is 0 Å². The average molecular weight is 719 g/mol. The van der Waals surface area contributed by atoms with Crippen molar-refractivity contribution < 1.29 is 19.2 Å². The van der Waals surface area contributed by atoms with Crippen LogP contribution in [0.1, 0.15) is 97.8 Å². The second-order valence-corrected chi connectivity index (χ2v) is 11.3. The molecule has 11 heteroatoms. The third kappa shape index (κ3) is 22.9. The fraction of sp³-hybridized carbons (Fsp3) is 0.467. The van der Waals surface area contributed by atoms with Crippen molar-refractivity contribution in [2.75, 3.05) is 21.7 Å². The molecule has 41 heavy (non-hydrogen) atoms. The van der Waals surface area contributed by atoms with Gasteiger partial charge in [-0.1, -0.05) is 70.4 Å². The number of nitrogens with one attached hydrogen (secondary N) is 1. The third-order valence-corrected chi connectivity index (χ3v) is 7.00. The molecule has 0 aliphatic carbocycles.